The molecule has 1 aliphatic carbocycles. The average molecular weight is 395 g/mol. The topological polar surface area (TPSA) is 49.4 Å². The maximum atomic E-state index is 11.8. The number of Topliss-reactive ketones (excluding diaryl/α,β-unsaturated/α-hetero) is 1. The van der Waals surface area contributed by atoms with Gasteiger partial charge in [-0.1, -0.05) is 72.6 Å². The molecule has 0 aromatic heterocycles. The molecule has 0 atom stereocenters. The lowest BCUT2D eigenvalue weighted by Crippen LogP contribution is -2.46. The van der Waals surface area contributed by atoms with E-state index in [1.807, 2.05) is 18.7 Å². The summed E-state index contributed by atoms with van der Waals surface area (Å²) < 4.78 is 0. The first-order valence-electron chi connectivity index (χ1n) is 11.9. The lowest BCUT2D eigenvalue weighted by atomic mass is 9.83. The molecule has 1 aliphatic heterocycles. The number of rotatable bonds is 9. The van der Waals surface area contributed by atoms with Crippen molar-refractivity contribution < 1.29 is 9.59 Å². The van der Waals surface area contributed by atoms with Crippen LogP contribution in [0.4, 0.5) is 0 Å². The third kappa shape index (κ3) is 11.2. The Hall–Kier alpha value is -0.900. The quantitative estimate of drug-likeness (QED) is 0.546. The molecule has 2 rings (SSSR count). The van der Waals surface area contributed by atoms with Gasteiger partial charge in [0.1, 0.15) is 5.78 Å². The molecule has 1 saturated carbocycles. The van der Waals surface area contributed by atoms with Crippen molar-refractivity contribution in [3.63, 3.8) is 0 Å². The highest BCUT2D eigenvalue weighted by molar-refractivity contribution is 5.82. The van der Waals surface area contributed by atoms with Crippen molar-refractivity contribution in [2.24, 2.45) is 17.8 Å². The SMILES string of the molecule is CC(C)C(=O)C1CCCCC1.CC(C)CCCCCCC(=O)N1CCNCC1. The van der Waals surface area contributed by atoms with E-state index in [1.54, 1.807) is 0 Å². The summed E-state index contributed by atoms with van der Waals surface area (Å²) in [5.74, 6) is 2.32. The summed E-state index contributed by atoms with van der Waals surface area (Å²) in [6.07, 6.45) is 13.1. The predicted octanol–water partition coefficient (Wildman–Crippen LogP) is 5.21. The van der Waals surface area contributed by atoms with E-state index < -0.39 is 0 Å². The molecule has 1 N–H and O–H groups in total. The second-order valence-electron chi connectivity index (χ2n) is 9.37. The van der Waals surface area contributed by atoms with Crippen molar-refractivity contribution in [3.05, 3.63) is 0 Å². The fraction of sp³-hybridized carbons (Fsp3) is 0.917. The van der Waals surface area contributed by atoms with Crippen molar-refractivity contribution >= 4 is 11.7 Å². The van der Waals surface area contributed by atoms with E-state index >= 15 is 0 Å². The Labute approximate surface area is 174 Å². The van der Waals surface area contributed by atoms with Gasteiger partial charge in [-0.25, -0.2) is 0 Å². The Balaban J connectivity index is 0.000000307. The molecule has 0 spiro atoms. The monoisotopic (exact) mass is 394 g/mol. The number of amides is 1. The molecule has 0 radical (unpaired) electrons. The van der Waals surface area contributed by atoms with Gasteiger partial charge in [0.2, 0.25) is 5.91 Å². The number of nitrogens with one attached hydrogen (secondary N) is 1. The molecule has 0 aromatic rings. The third-order valence-electron chi connectivity index (χ3n) is 5.97. The standard InChI is InChI=1S/C14H28N2O.C10H18O/c1-13(2)7-5-3-4-6-8-14(17)16-11-9-15-10-12-16;1-8(2)10(11)9-6-4-3-5-7-9/h13,15H,3-12H2,1-2H3;8-9H,3-7H2,1-2H3. The summed E-state index contributed by atoms with van der Waals surface area (Å²) in [6, 6.07) is 0. The predicted molar refractivity (Wildman–Crippen MR) is 118 cm³/mol. The van der Waals surface area contributed by atoms with Gasteiger partial charge in [0.05, 0.1) is 0 Å². The molecule has 1 amide bonds. The number of carbonyl (C=O) groups is 2. The summed E-state index contributed by atoms with van der Waals surface area (Å²) in [7, 11) is 0. The van der Waals surface area contributed by atoms with E-state index in [4.69, 9.17) is 0 Å². The number of carbonyl (C=O) groups excluding carboxylic acids is 2. The Morgan fingerprint density at radius 2 is 1.50 bits per heavy atom. The molecule has 4 nitrogen and oxygen atoms in total. The first kappa shape index (κ1) is 25.1. The normalized spacial score (nSPS) is 18.1. The zero-order valence-corrected chi connectivity index (χ0v) is 19.1. The molecule has 4 heteroatoms. The first-order valence-corrected chi connectivity index (χ1v) is 11.9. The van der Waals surface area contributed by atoms with Crippen LogP contribution in [0.15, 0.2) is 0 Å². The van der Waals surface area contributed by atoms with E-state index in [1.165, 1.54) is 44.9 Å². The van der Waals surface area contributed by atoms with Crippen molar-refractivity contribution in [3.8, 4) is 0 Å². The summed E-state index contributed by atoms with van der Waals surface area (Å²) in [5.41, 5.74) is 0. The van der Waals surface area contributed by atoms with Gasteiger partial charge >= 0.3 is 0 Å². The smallest absolute Gasteiger partial charge is 0.222 e. The van der Waals surface area contributed by atoms with Crippen LogP contribution >= 0.6 is 0 Å². The minimum atomic E-state index is 0.248. The highest BCUT2D eigenvalue weighted by Gasteiger charge is 2.22. The summed E-state index contributed by atoms with van der Waals surface area (Å²) in [4.78, 5) is 25.3. The van der Waals surface area contributed by atoms with Crippen LogP contribution in [-0.2, 0) is 9.59 Å². The van der Waals surface area contributed by atoms with Gasteiger partial charge in [0.15, 0.2) is 0 Å². The molecule has 28 heavy (non-hydrogen) atoms. The van der Waals surface area contributed by atoms with Crippen LogP contribution in [0.2, 0.25) is 0 Å². The Morgan fingerprint density at radius 1 is 0.893 bits per heavy atom. The van der Waals surface area contributed by atoms with Gasteiger partial charge in [-0.3, -0.25) is 9.59 Å². The van der Waals surface area contributed by atoms with Crippen molar-refractivity contribution in [1.82, 2.24) is 10.2 Å². The number of ketones is 1. The number of piperazine rings is 1. The van der Waals surface area contributed by atoms with E-state index in [0.29, 0.717) is 17.6 Å². The van der Waals surface area contributed by atoms with Crippen molar-refractivity contribution in [1.29, 1.82) is 0 Å². The minimum absolute atomic E-state index is 0.248. The number of hydrogen-bond donors (Lipinski definition) is 1. The molecule has 164 valence electrons. The van der Waals surface area contributed by atoms with Crippen LogP contribution in [0.1, 0.15) is 98.3 Å². The van der Waals surface area contributed by atoms with Crippen LogP contribution in [0.25, 0.3) is 0 Å². The summed E-state index contributed by atoms with van der Waals surface area (Å²) >= 11 is 0. The summed E-state index contributed by atoms with van der Waals surface area (Å²) in [5, 5.41) is 3.27. The van der Waals surface area contributed by atoms with Crippen molar-refractivity contribution in [2.45, 2.75) is 98.3 Å². The number of nitrogens with zero attached hydrogens (tertiary/aromatic N) is 1. The van der Waals surface area contributed by atoms with Crippen LogP contribution in [0, 0.1) is 17.8 Å². The molecule has 2 fully saturated rings. The van der Waals surface area contributed by atoms with Gasteiger partial charge in [-0.05, 0) is 25.2 Å². The van der Waals surface area contributed by atoms with Gasteiger partial charge < -0.3 is 10.2 Å². The number of hydrogen-bond acceptors (Lipinski definition) is 3. The van der Waals surface area contributed by atoms with Crippen LogP contribution in [-0.4, -0.2) is 42.8 Å². The molecule has 0 unspecified atom stereocenters. The zero-order valence-electron chi connectivity index (χ0n) is 19.1. The Morgan fingerprint density at radius 3 is 2.07 bits per heavy atom. The van der Waals surface area contributed by atoms with Crippen LogP contribution < -0.4 is 5.32 Å². The van der Waals surface area contributed by atoms with Gasteiger partial charge in [-0.15, -0.1) is 0 Å². The second-order valence-corrected chi connectivity index (χ2v) is 9.37. The Kier molecular flexibility index (Phi) is 13.5. The zero-order chi connectivity index (χ0) is 20.8. The molecule has 1 saturated heterocycles. The maximum absolute atomic E-state index is 11.8. The number of unbranched alkanes of at least 4 members (excludes halogenated alkanes) is 3. The van der Waals surface area contributed by atoms with Gasteiger partial charge in [-0.2, -0.15) is 0 Å². The largest absolute Gasteiger partial charge is 0.340 e. The molecular weight excluding hydrogens is 348 g/mol. The minimum Gasteiger partial charge on any atom is -0.340 e. The average Bonchev–Trinajstić information content (AvgIpc) is 2.71. The summed E-state index contributed by atoms with van der Waals surface area (Å²) in [6.45, 7) is 12.3. The highest BCUT2D eigenvalue weighted by atomic mass is 16.2. The van der Waals surface area contributed by atoms with Crippen molar-refractivity contribution in [2.75, 3.05) is 26.2 Å². The first-order chi connectivity index (χ1) is 13.4. The Bertz CT molecular complexity index is 422. The molecule has 1 heterocycles. The van der Waals surface area contributed by atoms with Gasteiger partial charge in [0.25, 0.3) is 0 Å². The van der Waals surface area contributed by atoms with Crippen LogP contribution in [0.3, 0.4) is 0 Å². The molecule has 0 aromatic carbocycles. The lowest BCUT2D eigenvalue weighted by molar-refractivity contribution is -0.132. The van der Waals surface area contributed by atoms with E-state index in [-0.39, 0.29) is 5.92 Å². The maximum Gasteiger partial charge on any atom is 0.222 e. The van der Waals surface area contributed by atoms with E-state index in [9.17, 15) is 9.59 Å². The molecular formula is C24H46N2O2. The van der Waals surface area contributed by atoms with Gasteiger partial charge in [0, 0.05) is 44.4 Å². The third-order valence-corrected chi connectivity index (χ3v) is 5.97. The fourth-order valence-corrected chi connectivity index (χ4v) is 4.11. The van der Waals surface area contributed by atoms with E-state index in [0.717, 1.165) is 57.8 Å². The molecule has 0 bridgehead atoms. The fourth-order valence-electron chi connectivity index (χ4n) is 4.11. The van der Waals surface area contributed by atoms with E-state index in [2.05, 4.69) is 19.2 Å². The highest BCUT2D eigenvalue weighted by Crippen LogP contribution is 2.26. The van der Waals surface area contributed by atoms with Crippen LogP contribution in [0.5, 0.6) is 0 Å². The lowest BCUT2D eigenvalue weighted by Gasteiger charge is -2.27. The molecule has 2 aliphatic rings. The second kappa shape index (κ2) is 15.0.